The minimum absolute atomic E-state index is 0.139. The average molecular weight is 450 g/mol. The maximum absolute atomic E-state index is 14.5. The number of aromatic nitrogens is 5. The Kier molecular flexibility index (Phi) is 4.25. The van der Waals surface area contributed by atoms with Crippen molar-refractivity contribution in [3.8, 4) is 11.4 Å². The van der Waals surface area contributed by atoms with Crippen LogP contribution in [0.4, 0.5) is 14.7 Å². The first-order valence-corrected chi connectivity index (χ1v) is 10.3. The highest BCUT2D eigenvalue weighted by molar-refractivity contribution is 6.35. The number of pyridine rings is 2. The van der Waals surface area contributed by atoms with E-state index in [2.05, 4.69) is 25.5 Å². The third kappa shape index (κ3) is 2.96. The molecule has 0 aliphatic carbocycles. The molecular formula is C22H14ClF2N7. The van der Waals surface area contributed by atoms with Crippen LogP contribution in [-0.2, 0) is 6.54 Å². The molecule has 1 aromatic carbocycles. The molecule has 10 heteroatoms. The number of allylic oxidation sites excluding steroid dienone is 1. The zero-order chi connectivity index (χ0) is 21.8. The minimum Gasteiger partial charge on any atom is -0.353 e. The van der Waals surface area contributed by atoms with Crippen LogP contribution in [-0.4, -0.2) is 43.5 Å². The SMILES string of the molecule is Fc1cc(F)c(C2=NCC=C2c2ccc3ncc(-c4nnc5n4CCN5)cc3n2)cc1Cl. The predicted molar refractivity (Wildman–Crippen MR) is 118 cm³/mol. The molecule has 32 heavy (non-hydrogen) atoms. The molecule has 4 aromatic rings. The van der Waals surface area contributed by atoms with Crippen molar-refractivity contribution in [2.75, 3.05) is 18.4 Å². The lowest BCUT2D eigenvalue weighted by molar-refractivity contribution is 0.582. The van der Waals surface area contributed by atoms with Crippen LogP contribution < -0.4 is 5.32 Å². The summed E-state index contributed by atoms with van der Waals surface area (Å²) in [6.45, 7) is 1.96. The average Bonchev–Trinajstić information content (AvgIpc) is 3.52. The van der Waals surface area contributed by atoms with E-state index in [9.17, 15) is 8.78 Å². The van der Waals surface area contributed by atoms with Crippen LogP contribution >= 0.6 is 11.6 Å². The molecule has 6 rings (SSSR count). The van der Waals surface area contributed by atoms with E-state index in [-0.39, 0.29) is 10.6 Å². The lowest BCUT2D eigenvalue weighted by Crippen LogP contribution is -2.07. The second-order valence-corrected chi connectivity index (χ2v) is 7.84. The number of anilines is 1. The molecule has 0 amide bonds. The van der Waals surface area contributed by atoms with E-state index >= 15 is 0 Å². The van der Waals surface area contributed by atoms with E-state index in [1.807, 2.05) is 28.8 Å². The molecule has 2 aliphatic heterocycles. The largest absolute Gasteiger partial charge is 0.353 e. The van der Waals surface area contributed by atoms with Gasteiger partial charge in [-0.1, -0.05) is 17.7 Å². The first kappa shape index (κ1) is 19.0. The number of nitrogens with zero attached hydrogens (tertiary/aromatic N) is 6. The Hall–Kier alpha value is -3.72. The van der Waals surface area contributed by atoms with Crippen molar-refractivity contribution in [1.29, 1.82) is 0 Å². The van der Waals surface area contributed by atoms with E-state index < -0.39 is 11.6 Å². The monoisotopic (exact) mass is 449 g/mol. The molecule has 7 nitrogen and oxygen atoms in total. The normalized spacial score (nSPS) is 15.0. The van der Waals surface area contributed by atoms with Gasteiger partial charge in [-0.3, -0.25) is 14.5 Å². The highest BCUT2D eigenvalue weighted by atomic mass is 35.5. The van der Waals surface area contributed by atoms with Gasteiger partial charge in [0.2, 0.25) is 5.95 Å². The summed E-state index contributed by atoms with van der Waals surface area (Å²) in [5, 5.41) is 11.4. The molecule has 0 spiro atoms. The summed E-state index contributed by atoms with van der Waals surface area (Å²) >= 11 is 5.89. The Morgan fingerprint density at radius 1 is 1.03 bits per heavy atom. The Balaban J connectivity index is 1.41. The van der Waals surface area contributed by atoms with Crippen LogP contribution in [0.3, 0.4) is 0 Å². The number of fused-ring (bicyclic) bond motifs is 2. The molecule has 0 unspecified atom stereocenters. The van der Waals surface area contributed by atoms with Gasteiger partial charge in [0, 0.05) is 42.1 Å². The zero-order valence-electron chi connectivity index (χ0n) is 16.5. The van der Waals surface area contributed by atoms with Gasteiger partial charge >= 0.3 is 0 Å². The first-order chi connectivity index (χ1) is 15.6. The van der Waals surface area contributed by atoms with Crippen LogP contribution in [0.2, 0.25) is 5.02 Å². The number of rotatable bonds is 3. The van der Waals surface area contributed by atoms with Gasteiger partial charge in [0.05, 0.1) is 34.0 Å². The fourth-order valence-electron chi connectivity index (χ4n) is 3.99. The minimum atomic E-state index is -0.811. The fourth-order valence-corrected chi connectivity index (χ4v) is 4.15. The maximum atomic E-state index is 14.5. The number of benzene rings is 1. The lowest BCUT2D eigenvalue weighted by Gasteiger charge is -2.10. The summed E-state index contributed by atoms with van der Waals surface area (Å²) in [6, 6.07) is 7.59. The van der Waals surface area contributed by atoms with E-state index in [4.69, 9.17) is 16.6 Å². The smallest absolute Gasteiger partial charge is 0.225 e. The standard InChI is InChI=1S/C22H14ClF2N7/c23-14-8-13(15(24)9-16(14)25)20-12(3-4-26-20)17-1-2-18-19(29-17)7-11(10-28-18)21-30-31-22-27-5-6-32(21)22/h1-3,7-10H,4-6H2,(H,27,31). The van der Waals surface area contributed by atoms with Gasteiger partial charge in [0.15, 0.2) is 5.82 Å². The number of hydrogen-bond acceptors (Lipinski definition) is 6. The summed E-state index contributed by atoms with van der Waals surface area (Å²) in [5.74, 6) is -0.0807. The quantitative estimate of drug-likeness (QED) is 0.476. The van der Waals surface area contributed by atoms with Crippen LogP contribution in [0.25, 0.3) is 28.0 Å². The van der Waals surface area contributed by atoms with E-state index in [1.54, 1.807) is 6.20 Å². The lowest BCUT2D eigenvalue weighted by atomic mass is 9.99. The van der Waals surface area contributed by atoms with Gasteiger partial charge < -0.3 is 5.32 Å². The van der Waals surface area contributed by atoms with Crippen molar-refractivity contribution < 1.29 is 8.78 Å². The number of aliphatic imine (C=N–C) groups is 1. The van der Waals surface area contributed by atoms with Crippen molar-refractivity contribution in [2.24, 2.45) is 4.99 Å². The number of halogens is 3. The van der Waals surface area contributed by atoms with Crippen molar-refractivity contribution in [2.45, 2.75) is 6.54 Å². The molecule has 5 heterocycles. The molecule has 0 saturated carbocycles. The molecule has 158 valence electrons. The topological polar surface area (TPSA) is 80.9 Å². The van der Waals surface area contributed by atoms with Crippen LogP contribution in [0, 0.1) is 11.6 Å². The van der Waals surface area contributed by atoms with E-state index in [1.165, 1.54) is 6.07 Å². The van der Waals surface area contributed by atoms with Gasteiger partial charge in [-0.05, 0) is 24.3 Å². The Bertz CT molecular complexity index is 1470. The van der Waals surface area contributed by atoms with Gasteiger partial charge in [-0.2, -0.15) is 0 Å². The Morgan fingerprint density at radius 2 is 1.94 bits per heavy atom. The third-order valence-corrected chi connectivity index (χ3v) is 5.80. The highest BCUT2D eigenvalue weighted by Gasteiger charge is 2.23. The summed E-state index contributed by atoms with van der Waals surface area (Å²) in [6.07, 6.45) is 3.60. The van der Waals surface area contributed by atoms with E-state index in [0.717, 1.165) is 36.5 Å². The molecule has 0 bridgehead atoms. The van der Waals surface area contributed by atoms with Crippen molar-refractivity contribution in [1.82, 2.24) is 24.7 Å². The molecule has 0 radical (unpaired) electrons. The van der Waals surface area contributed by atoms with Gasteiger partial charge in [0.1, 0.15) is 11.6 Å². The summed E-state index contributed by atoms with van der Waals surface area (Å²) in [4.78, 5) is 13.7. The Morgan fingerprint density at radius 3 is 2.84 bits per heavy atom. The summed E-state index contributed by atoms with van der Waals surface area (Å²) in [7, 11) is 0. The van der Waals surface area contributed by atoms with Crippen LogP contribution in [0.1, 0.15) is 11.3 Å². The van der Waals surface area contributed by atoms with Gasteiger partial charge in [-0.15, -0.1) is 10.2 Å². The molecular weight excluding hydrogens is 436 g/mol. The fraction of sp³-hybridized carbons (Fsp3) is 0.136. The second-order valence-electron chi connectivity index (χ2n) is 7.44. The van der Waals surface area contributed by atoms with Gasteiger partial charge in [-0.25, -0.2) is 13.8 Å². The Labute approximate surface area is 185 Å². The van der Waals surface area contributed by atoms with Crippen LogP contribution in [0.15, 0.2) is 47.6 Å². The molecule has 2 aliphatic rings. The van der Waals surface area contributed by atoms with Crippen molar-refractivity contribution in [3.05, 3.63) is 70.5 Å². The summed E-state index contributed by atoms with van der Waals surface area (Å²) < 4.78 is 30.1. The predicted octanol–water partition coefficient (Wildman–Crippen LogP) is 4.13. The van der Waals surface area contributed by atoms with E-state index in [0.29, 0.717) is 34.6 Å². The molecule has 0 saturated heterocycles. The second kappa shape index (κ2) is 7.16. The zero-order valence-corrected chi connectivity index (χ0v) is 17.2. The molecule has 1 N–H and O–H groups in total. The van der Waals surface area contributed by atoms with Crippen molar-refractivity contribution >= 4 is 39.9 Å². The van der Waals surface area contributed by atoms with Gasteiger partial charge in [0.25, 0.3) is 0 Å². The molecule has 0 fully saturated rings. The summed E-state index contributed by atoms with van der Waals surface area (Å²) in [5.41, 5.74) is 3.97. The number of hydrogen-bond donors (Lipinski definition) is 1. The number of nitrogens with one attached hydrogen (secondary N) is 1. The van der Waals surface area contributed by atoms with Crippen molar-refractivity contribution in [3.63, 3.8) is 0 Å². The highest BCUT2D eigenvalue weighted by Crippen LogP contribution is 2.30. The van der Waals surface area contributed by atoms with Crippen LogP contribution in [0.5, 0.6) is 0 Å². The first-order valence-electron chi connectivity index (χ1n) is 9.93. The molecule has 3 aromatic heterocycles. The third-order valence-electron chi connectivity index (χ3n) is 5.51. The maximum Gasteiger partial charge on any atom is 0.225 e. The molecule has 0 atom stereocenters.